The first-order valence-electron chi connectivity index (χ1n) is 11.9. The van der Waals surface area contributed by atoms with Gasteiger partial charge in [-0.05, 0) is 37.8 Å². The fraction of sp³-hybridized carbons (Fsp3) is 0.769. The topological polar surface area (TPSA) is 26.0 Å². The first-order valence-corrected chi connectivity index (χ1v) is 11.9. The van der Waals surface area contributed by atoms with E-state index in [1.807, 2.05) is 0 Å². The molecule has 0 atom stereocenters. The Morgan fingerprint density at radius 2 is 1.04 bits per heavy atom. The van der Waals surface area contributed by atoms with Crippen LogP contribution in [0.2, 0.25) is 0 Å². The van der Waals surface area contributed by atoms with E-state index >= 15 is 0 Å². The summed E-state index contributed by atoms with van der Waals surface area (Å²) in [4.78, 5) is 0. The molecule has 0 aliphatic rings. The van der Waals surface area contributed by atoms with Crippen molar-refractivity contribution in [2.75, 3.05) is 0 Å². The summed E-state index contributed by atoms with van der Waals surface area (Å²) in [7, 11) is 0. The van der Waals surface area contributed by atoms with Crippen LogP contribution in [0.1, 0.15) is 128 Å². The SMILES string of the molecule is CCCCCCCCCCCCCCCCCc1ccccc1C(C)(C)N.Cl. The van der Waals surface area contributed by atoms with Gasteiger partial charge in [0.15, 0.2) is 0 Å². The summed E-state index contributed by atoms with van der Waals surface area (Å²) in [6.07, 6.45) is 22.5. The van der Waals surface area contributed by atoms with Crippen LogP contribution in [0.4, 0.5) is 0 Å². The maximum absolute atomic E-state index is 6.31. The van der Waals surface area contributed by atoms with Crippen molar-refractivity contribution in [2.24, 2.45) is 5.73 Å². The number of halogens is 1. The molecule has 1 aromatic carbocycles. The molecule has 28 heavy (non-hydrogen) atoms. The lowest BCUT2D eigenvalue weighted by atomic mass is 9.89. The van der Waals surface area contributed by atoms with Crippen molar-refractivity contribution in [3.05, 3.63) is 35.4 Å². The Labute approximate surface area is 182 Å². The van der Waals surface area contributed by atoms with Crippen LogP contribution in [-0.4, -0.2) is 0 Å². The molecule has 0 spiro atoms. The van der Waals surface area contributed by atoms with Gasteiger partial charge in [-0.25, -0.2) is 0 Å². The molecule has 0 aliphatic heterocycles. The Balaban J connectivity index is 0.00000729. The second-order valence-corrected chi connectivity index (χ2v) is 9.08. The predicted octanol–water partition coefficient (Wildman–Crippen LogP) is 8.72. The van der Waals surface area contributed by atoms with Gasteiger partial charge in [-0.2, -0.15) is 0 Å². The summed E-state index contributed by atoms with van der Waals surface area (Å²) in [6.45, 7) is 6.51. The molecule has 1 aromatic rings. The standard InChI is InChI=1S/C26H47N.ClH/c1-4-5-6-7-8-9-10-11-12-13-14-15-16-17-18-21-24-22-19-20-23-25(24)26(2,3)27;/h19-20,22-23H,4-18,21,27H2,1-3H3;1H. The molecule has 1 rings (SSSR count). The van der Waals surface area contributed by atoms with Crippen molar-refractivity contribution in [2.45, 2.75) is 129 Å². The van der Waals surface area contributed by atoms with Crippen LogP contribution in [0.25, 0.3) is 0 Å². The minimum absolute atomic E-state index is 0. The number of unbranched alkanes of at least 4 members (excludes halogenated alkanes) is 14. The summed E-state index contributed by atoms with van der Waals surface area (Å²) < 4.78 is 0. The van der Waals surface area contributed by atoms with Gasteiger partial charge in [0.25, 0.3) is 0 Å². The van der Waals surface area contributed by atoms with Gasteiger partial charge >= 0.3 is 0 Å². The first-order chi connectivity index (χ1) is 13.1. The Hall–Kier alpha value is -0.530. The van der Waals surface area contributed by atoms with Crippen LogP contribution in [0, 0.1) is 0 Å². The highest BCUT2D eigenvalue weighted by molar-refractivity contribution is 5.85. The van der Waals surface area contributed by atoms with Crippen LogP contribution in [0.3, 0.4) is 0 Å². The van der Waals surface area contributed by atoms with E-state index in [1.165, 1.54) is 114 Å². The van der Waals surface area contributed by atoms with Crippen molar-refractivity contribution in [3.63, 3.8) is 0 Å². The van der Waals surface area contributed by atoms with E-state index in [0.29, 0.717) is 0 Å². The Bertz CT molecular complexity index is 464. The second kappa shape index (κ2) is 17.3. The van der Waals surface area contributed by atoms with Crippen molar-refractivity contribution < 1.29 is 0 Å². The molecule has 0 radical (unpaired) electrons. The zero-order valence-electron chi connectivity index (χ0n) is 19.1. The van der Waals surface area contributed by atoms with E-state index in [1.54, 1.807) is 0 Å². The van der Waals surface area contributed by atoms with Crippen LogP contribution in [0.5, 0.6) is 0 Å². The highest BCUT2D eigenvalue weighted by atomic mass is 35.5. The normalized spacial score (nSPS) is 11.4. The molecule has 1 nitrogen and oxygen atoms in total. The molecule has 0 heterocycles. The third kappa shape index (κ3) is 13.6. The largest absolute Gasteiger partial charge is 0.322 e. The monoisotopic (exact) mass is 409 g/mol. The molecule has 0 fully saturated rings. The van der Waals surface area contributed by atoms with Crippen LogP contribution in [0.15, 0.2) is 24.3 Å². The molecule has 0 unspecified atom stereocenters. The lowest BCUT2D eigenvalue weighted by Crippen LogP contribution is -2.30. The molecule has 0 saturated heterocycles. The zero-order valence-corrected chi connectivity index (χ0v) is 19.9. The minimum Gasteiger partial charge on any atom is -0.322 e. The van der Waals surface area contributed by atoms with Gasteiger partial charge < -0.3 is 5.73 Å². The Kier molecular flexibility index (Phi) is 17.0. The highest BCUT2D eigenvalue weighted by Gasteiger charge is 2.17. The molecule has 0 amide bonds. The number of hydrogen-bond donors (Lipinski definition) is 1. The molecule has 0 saturated carbocycles. The van der Waals surface area contributed by atoms with Crippen molar-refractivity contribution in [1.29, 1.82) is 0 Å². The molecule has 0 aliphatic carbocycles. The number of hydrogen-bond acceptors (Lipinski definition) is 1. The molecular weight excluding hydrogens is 362 g/mol. The lowest BCUT2D eigenvalue weighted by molar-refractivity contribution is 0.528. The molecule has 2 heteroatoms. The smallest absolute Gasteiger partial charge is 0.0355 e. The van der Waals surface area contributed by atoms with Crippen molar-refractivity contribution >= 4 is 12.4 Å². The molecular formula is C26H48ClN. The fourth-order valence-electron chi connectivity index (χ4n) is 4.05. The van der Waals surface area contributed by atoms with Crippen LogP contribution in [-0.2, 0) is 12.0 Å². The van der Waals surface area contributed by atoms with E-state index in [0.717, 1.165) is 0 Å². The molecule has 0 bridgehead atoms. The summed E-state index contributed by atoms with van der Waals surface area (Å²) >= 11 is 0. The van der Waals surface area contributed by atoms with Crippen LogP contribution < -0.4 is 5.73 Å². The van der Waals surface area contributed by atoms with Gasteiger partial charge in [0, 0.05) is 5.54 Å². The predicted molar refractivity (Wildman–Crippen MR) is 130 cm³/mol. The molecule has 0 aromatic heterocycles. The van der Waals surface area contributed by atoms with E-state index in [4.69, 9.17) is 5.73 Å². The third-order valence-corrected chi connectivity index (χ3v) is 5.76. The fourth-order valence-corrected chi connectivity index (χ4v) is 4.05. The summed E-state index contributed by atoms with van der Waals surface area (Å²) in [5.41, 5.74) is 8.84. The lowest BCUT2D eigenvalue weighted by Gasteiger charge is -2.23. The van der Waals surface area contributed by atoms with Gasteiger partial charge in [-0.15, -0.1) is 12.4 Å². The van der Waals surface area contributed by atoms with Gasteiger partial charge in [0.05, 0.1) is 0 Å². The summed E-state index contributed by atoms with van der Waals surface area (Å²) in [5, 5.41) is 0. The van der Waals surface area contributed by atoms with Crippen LogP contribution >= 0.6 is 12.4 Å². The van der Waals surface area contributed by atoms with Gasteiger partial charge in [-0.1, -0.05) is 121 Å². The van der Waals surface area contributed by atoms with Gasteiger partial charge in [-0.3, -0.25) is 0 Å². The number of benzene rings is 1. The Morgan fingerprint density at radius 3 is 1.46 bits per heavy atom. The van der Waals surface area contributed by atoms with Gasteiger partial charge in [0.1, 0.15) is 0 Å². The number of rotatable bonds is 17. The number of aryl methyl sites for hydroxylation is 1. The summed E-state index contributed by atoms with van der Waals surface area (Å²) in [5.74, 6) is 0. The average Bonchev–Trinajstić information content (AvgIpc) is 2.64. The second-order valence-electron chi connectivity index (χ2n) is 9.08. The van der Waals surface area contributed by atoms with E-state index in [-0.39, 0.29) is 17.9 Å². The van der Waals surface area contributed by atoms with Gasteiger partial charge in [0.2, 0.25) is 0 Å². The molecule has 2 N–H and O–H groups in total. The van der Waals surface area contributed by atoms with Crippen molar-refractivity contribution in [1.82, 2.24) is 0 Å². The maximum atomic E-state index is 6.31. The molecule has 164 valence electrons. The van der Waals surface area contributed by atoms with E-state index in [9.17, 15) is 0 Å². The maximum Gasteiger partial charge on any atom is 0.0355 e. The van der Waals surface area contributed by atoms with E-state index < -0.39 is 0 Å². The quantitative estimate of drug-likeness (QED) is 0.255. The zero-order chi connectivity index (χ0) is 19.8. The number of nitrogens with two attached hydrogens (primary N) is 1. The first kappa shape index (κ1) is 27.5. The minimum atomic E-state index is -0.230. The third-order valence-electron chi connectivity index (χ3n) is 5.76. The van der Waals surface area contributed by atoms with E-state index in [2.05, 4.69) is 45.0 Å². The van der Waals surface area contributed by atoms with Crippen molar-refractivity contribution in [3.8, 4) is 0 Å². The highest BCUT2D eigenvalue weighted by Crippen LogP contribution is 2.23. The Morgan fingerprint density at radius 1 is 0.643 bits per heavy atom. The average molecular weight is 410 g/mol. The summed E-state index contributed by atoms with van der Waals surface area (Å²) in [6, 6.07) is 8.71.